The third-order valence-corrected chi connectivity index (χ3v) is 7.00. The van der Waals surface area contributed by atoms with Crippen molar-refractivity contribution in [3.63, 3.8) is 0 Å². The summed E-state index contributed by atoms with van der Waals surface area (Å²) in [5.41, 5.74) is 4.02. The zero-order valence-electron chi connectivity index (χ0n) is 19.3. The number of carbonyl (C=O) groups excluding carboxylic acids is 1. The number of ether oxygens (including phenoxy) is 1. The molecule has 0 spiro atoms. The number of nitrogens with one attached hydrogen (secondary N) is 1. The molecule has 0 aliphatic heterocycles. The van der Waals surface area contributed by atoms with Crippen molar-refractivity contribution in [3.05, 3.63) is 83.4 Å². The minimum Gasteiger partial charge on any atom is -0.469 e. The largest absolute Gasteiger partial charge is 0.469 e. The van der Waals surface area contributed by atoms with E-state index in [2.05, 4.69) is 79.0 Å². The molecule has 0 aromatic heterocycles. The highest BCUT2D eigenvalue weighted by atomic mass is 16.5. The maximum absolute atomic E-state index is 11.4. The molecule has 3 atom stereocenters. The number of carbonyl (C=O) groups is 1. The normalized spacial score (nSPS) is 19.9. The van der Waals surface area contributed by atoms with Crippen LogP contribution in [0.4, 0.5) is 0 Å². The third-order valence-electron chi connectivity index (χ3n) is 7.00. The van der Waals surface area contributed by atoms with E-state index in [1.165, 1.54) is 66.7 Å². The molecule has 0 amide bonds. The summed E-state index contributed by atoms with van der Waals surface area (Å²) in [6.07, 6.45) is 7.42. The molecule has 0 heterocycles. The van der Waals surface area contributed by atoms with Crippen LogP contribution in [0.25, 0.3) is 10.8 Å². The van der Waals surface area contributed by atoms with Gasteiger partial charge >= 0.3 is 5.97 Å². The van der Waals surface area contributed by atoms with Crippen LogP contribution < -0.4 is 5.32 Å². The first-order valence-electron chi connectivity index (χ1n) is 12.0. The van der Waals surface area contributed by atoms with Gasteiger partial charge in [0.15, 0.2) is 0 Å². The lowest BCUT2D eigenvalue weighted by molar-refractivity contribution is -0.140. The van der Waals surface area contributed by atoms with E-state index in [9.17, 15) is 4.79 Å². The zero-order chi connectivity index (χ0) is 22.3. The quantitative estimate of drug-likeness (QED) is 0.335. The monoisotopic (exact) mass is 429 g/mol. The van der Waals surface area contributed by atoms with Crippen molar-refractivity contribution >= 4 is 16.7 Å². The summed E-state index contributed by atoms with van der Waals surface area (Å²) in [6.45, 7) is 2.30. The number of aryl methyl sites for hydroxylation is 1. The molecule has 32 heavy (non-hydrogen) atoms. The topological polar surface area (TPSA) is 38.3 Å². The standard InChI is InChI=1S/C29H35NO2/c1-21(27-13-7-10-24-8-4-6-12-28(24)27)30-26-11-5-3-9-25(20-26)23-17-14-22(15-18-23)16-19-29(31)32-2/h4,6-8,10,12-15,17-18,21,25-26,30H,3,5,9,11,16,19-20H2,1-2H3. The Morgan fingerprint density at radius 2 is 1.75 bits per heavy atom. The molecule has 1 N–H and O–H groups in total. The lowest BCUT2D eigenvalue weighted by Crippen LogP contribution is -2.32. The van der Waals surface area contributed by atoms with Gasteiger partial charge in [-0.15, -0.1) is 0 Å². The first-order chi connectivity index (χ1) is 15.6. The van der Waals surface area contributed by atoms with Crippen LogP contribution in [0, 0.1) is 0 Å². The van der Waals surface area contributed by atoms with Crippen molar-refractivity contribution in [2.45, 2.75) is 69.9 Å². The predicted octanol–water partition coefficient (Wildman–Crippen LogP) is 6.71. The minimum absolute atomic E-state index is 0.146. The molecule has 3 aromatic carbocycles. The van der Waals surface area contributed by atoms with Crippen LogP contribution in [0.1, 0.15) is 74.1 Å². The molecule has 1 aliphatic rings. The molecule has 3 nitrogen and oxygen atoms in total. The number of methoxy groups -OCH3 is 1. The molecular weight excluding hydrogens is 394 g/mol. The highest BCUT2D eigenvalue weighted by Crippen LogP contribution is 2.33. The first-order valence-corrected chi connectivity index (χ1v) is 12.0. The van der Waals surface area contributed by atoms with E-state index in [0.29, 0.717) is 24.4 Å². The van der Waals surface area contributed by atoms with Crippen LogP contribution in [0.15, 0.2) is 66.7 Å². The molecule has 3 heteroatoms. The fourth-order valence-corrected chi connectivity index (χ4v) is 5.19. The Morgan fingerprint density at radius 1 is 1.00 bits per heavy atom. The summed E-state index contributed by atoms with van der Waals surface area (Å²) < 4.78 is 4.76. The highest BCUT2D eigenvalue weighted by molar-refractivity contribution is 5.86. The number of fused-ring (bicyclic) bond motifs is 1. The maximum atomic E-state index is 11.4. The van der Waals surface area contributed by atoms with Crippen LogP contribution in [-0.2, 0) is 16.0 Å². The van der Waals surface area contributed by atoms with Gasteiger partial charge in [-0.2, -0.15) is 0 Å². The summed E-state index contributed by atoms with van der Waals surface area (Å²) in [7, 11) is 1.45. The Labute approximate surface area is 192 Å². The van der Waals surface area contributed by atoms with E-state index in [0.717, 1.165) is 6.42 Å². The summed E-state index contributed by atoms with van der Waals surface area (Å²) in [5, 5.41) is 6.63. The molecule has 3 aromatic rings. The Hall–Kier alpha value is -2.65. The Morgan fingerprint density at radius 3 is 2.56 bits per heavy atom. The predicted molar refractivity (Wildman–Crippen MR) is 132 cm³/mol. The maximum Gasteiger partial charge on any atom is 0.305 e. The van der Waals surface area contributed by atoms with Crippen molar-refractivity contribution in [2.24, 2.45) is 0 Å². The fraction of sp³-hybridized carbons (Fsp3) is 0.414. The van der Waals surface area contributed by atoms with E-state index in [1.807, 2.05) is 0 Å². The van der Waals surface area contributed by atoms with Gasteiger partial charge in [-0.25, -0.2) is 0 Å². The zero-order valence-corrected chi connectivity index (χ0v) is 19.3. The van der Waals surface area contributed by atoms with Gasteiger partial charge in [0, 0.05) is 18.5 Å². The van der Waals surface area contributed by atoms with Crippen LogP contribution in [0.2, 0.25) is 0 Å². The number of esters is 1. The molecule has 0 radical (unpaired) electrons. The van der Waals surface area contributed by atoms with E-state index >= 15 is 0 Å². The lowest BCUT2D eigenvalue weighted by atomic mass is 9.89. The van der Waals surface area contributed by atoms with Crippen molar-refractivity contribution < 1.29 is 9.53 Å². The second-order valence-corrected chi connectivity index (χ2v) is 9.19. The molecule has 1 aliphatic carbocycles. The number of hydrogen-bond donors (Lipinski definition) is 1. The van der Waals surface area contributed by atoms with Gasteiger partial charge in [0.1, 0.15) is 0 Å². The van der Waals surface area contributed by atoms with Crippen LogP contribution in [0.3, 0.4) is 0 Å². The summed E-state index contributed by atoms with van der Waals surface area (Å²) in [6, 6.07) is 25.1. The van der Waals surface area contributed by atoms with Gasteiger partial charge in [0.05, 0.1) is 7.11 Å². The number of hydrogen-bond acceptors (Lipinski definition) is 3. The Kier molecular flexibility index (Phi) is 7.59. The Bertz CT molecular complexity index is 1020. The van der Waals surface area contributed by atoms with Gasteiger partial charge < -0.3 is 10.1 Å². The third kappa shape index (κ3) is 5.58. The van der Waals surface area contributed by atoms with Crippen molar-refractivity contribution in [1.82, 2.24) is 5.32 Å². The summed E-state index contributed by atoms with van der Waals surface area (Å²) in [4.78, 5) is 11.4. The SMILES string of the molecule is COC(=O)CCc1ccc(C2CCCCC(NC(C)c3cccc4ccccc34)C2)cc1. The smallest absolute Gasteiger partial charge is 0.305 e. The molecule has 168 valence electrons. The Balaban J connectivity index is 1.42. The van der Waals surface area contributed by atoms with Crippen molar-refractivity contribution in [2.75, 3.05) is 7.11 Å². The molecule has 0 bridgehead atoms. The van der Waals surface area contributed by atoms with Gasteiger partial charge in [-0.3, -0.25) is 4.79 Å². The van der Waals surface area contributed by atoms with E-state index in [-0.39, 0.29) is 5.97 Å². The molecule has 3 unspecified atom stereocenters. The van der Waals surface area contributed by atoms with Crippen LogP contribution in [0.5, 0.6) is 0 Å². The first kappa shape index (κ1) is 22.5. The molecule has 4 rings (SSSR count). The molecular formula is C29H35NO2. The van der Waals surface area contributed by atoms with E-state index in [4.69, 9.17) is 4.74 Å². The number of benzene rings is 3. The minimum atomic E-state index is -0.146. The second kappa shape index (κ2) is 10.8. The fourth-order valence-electron chi connectivity index (χ4n) is 5.19. The molecule has 0 saturated heterocycles. The van der Waals surface area contributed by atoms with Gasteiger partial charge in [-0.05, 0) is 66.0 Å². The summed E-state index contributed by atoms with van der Waals surface area (Å²) in [5.74, 6) is 0.441. The molecule has 1 fully saturated rings. The molecule has 1 saturated carbocycles. The van der Waals surface area contributed by atoms with Gasteiger partial charge in [0.25, 0.3) is 0 Å². The van der Waals surface area contributed by atoms with Gasteiger partial charge in [0.2, 0.25) is 0 Å². The van der Waals surface area contributed by atoms with Crippen molar-refractivity contribution in [3.8, 4) is 0 Å². The van der Waals surface area contributed by atoms with Crippen molar-refractivity contribution in [1.29, 1.82) is 0 Å². The second-order valence-electron chi connectivity index (χ2n) is 9.19. The van der Waals surface area contributed by atoms with E-state index in [1.54, 1.807) is 0 Å². The van der Waals surface area contributed by atoms with E-state index < -0.39 is 0 Å². The van der Waals surface area contributed by atoms with Crippen LogP contribution >= 0.6 is 0 Å². The average molecular weight is 430 g/mol. The average Bonchev–Trinajstić information content (AvgIpc) is 3.08. The highest BCUT2D eigenvalue weighted by Gasteiger charge is 2.23. The number of rotatable bonds is 7. The van der Waals surface area contributed by atoms with Crippen LogP contribution in [-0.4, -0.2) is 19.1 Å². The lowest BCUT2D eigenvalue weighted by Gasteiger charge is -2.26. The summed E-state index contributed by atoms with van der Waals surface area (Å²) >= 11 is 0. The van der Waals surface area contributed by atoms with Gasteiger partial charge in [-0.1, -0.05) is 79.6 Å².